The standard InChI is InChI=1S/C15H25NO/c1-3-5-6-7-12-16-15-13(9-4-2)10-8-11-14(15)17/h8,10-11,16-17H,3-7,9,12H2,1-2H3. The van der Waals surface area contributed by atoms with Crippen LogP contribution in [0.25, 0.3) is 0 Å². The zero-order valence-electron chi connectivity index (χ0n) is 11.1. The van der Waals surface area contributed by atoms with E-state index in [0.717, 1.165) is 25.1 Å². The molecule has 0 bridgehead atoms. The number of anilines is 1. The van der Waals surface area contributed by atoms with Crippen LogP contribution in [0, 0.1) is 0 Å². The number of aromatic hydroxyl groups is 1. The summed E-state index contributed by atoms with van der Waals surface area (Å²) in [5, 5.41) is 13.2. The highest BCUT2D eigenvalue weighted by Gasteiger charge is 2.05. The fraction of sp³-hybridized carbons (Fsp3) is 0.600. The third-order valence-electron chi connectivity index (χ3n) is 2.98. The Hall–Kier alpha value is -1.18. The molecule has 1 aromatic rings. The average Bonchev–Trinajstić information content (AvgIpc) is 2.32. The number of phenols is 1. The van der Waals surface area contributed by atoms with E-state index >= 15 is 0 Å². The summed E-state index contributed by atoms with van der Waals surface area (Å²) in [4.78, 5) is 0. The summed E-state index contributed by atoms with van der Waals surface area (Å²) >= 11 is 0. The molecule has 2 nitrogen and oxygen atoms in total. The van der Waals surface area contributed by atoms with Crippen LogP contribution in [0.5, 0.6) is 5.75 Å². The van der Waals surface area contributed by atoms with Gasteiger partial charge in [0.15, 0.2) is 0 Å². The maximum Gasteiger partial charge on any atom is 0.138 e. The molecule has 0 saturated heterocycles. The van der Waals surface area contributed by atoms with Crippen LogP contribution < -0.4 is 5.32 Å². The first-order valence-electron chi connectivity index (χ1n) is 6.84. The number of hydrogen-bond donors (Lipinski definition) is 2. The van der Waals surface area contributed by atoms with Gasteiger partial charge in [-0.2, -0.15) is 0 Å². The summed E-state index contributed by atoms with van der Waals surface area (Å²) in [6.45, 7) is 5.33. The van der Waals surface area contributed by atoms with Crippen LogP contribution in [0.2, 0.25) is 0 Å². The zero-order chi connectivity index (χ0) is 12.5. The van der Waals surface area contributed by atoms with Crippen LogP contribution in [0.3, 0.4) is 0 Å². The van der Waals surface area contributed by atoms with Crippen molar-refractivity contribution in [2.45, 2.75) is 52.4 Å². The summed E-state index contributed by atoms with van der Waals surface area (Å²) in [5.41, 5.74) is 2.16. The first kappa shape index (κ1) is 13.9. The lowest BCUT2D eigenvalue weighted by atomic mass is 10.1. The van der Waals surface area contributed by atoms with Crippen molar-refractivity contribution in [3.8, 4) is 5.75 Å². The van der Waals surface area contributed by atoms with Crippen LogP contribution in [0.4, 0.5) is 5.69 Å². The Balaban J connectivity index is 2.50. The van der Waals surface area contributed by atoms with Gasteiger partial charge in [0.1, 0.15) is 5.75 Å². The molecule has 1 rings (SSSR count). The topological polar surface area (TPSA) is 32.3 Å². The summed E-state index contributed by atoms with van der Waals surface area (Å²) in [6, 6.07) is 5.77. The fourth-order valence-corrected chi connectivity index (χ4v) is 2.03. The second-order valence-corrected chi connectivity index (χ2v) is 4.55. The molecule has 0 aliphatic heterocycles. The van der Waals surface area contributed by atoms with Crippen molar-refractivity contribution in [3.05, 3.63) is 23.8 Å². The van der Waals surface area contributed by atoms with E-state index in [2.05, 4.69) is 25.2 Å². The monoisotopic (exact) mass is 235 g/mol. The van der Waals surface area contributed by atoms with Crippen molar-refractivity contribution in [3.63, 3.8) is 0 Å². The molecular weight excluding hydrogens is 210 g/mol. The van der Waals surface area contributed by atoms with Gasteiger partial charge in [-0.1, -0.05) is 51.7 Å². The highest BCUT2D eigenvalue weighted by molar-refractivity contribution is 5.61. The quantitative estimate of drug-likeness (QED) is 0.519. The number of phenolic OH excluding ortho intramolecular Hbond substituents is 1. The van der Waals surface area contributed by atoms with Gasteiger partial charge >= 0.3 is 0 Å². The number of rotatable bonds is 8. The van der Waals surface area contributed by atoms with Gasteiger partial charge < -0.3 is 10.4 Å². The van der Waals surface area contributed by atoms with Gasteiger partial charge in [-0.25, -0.2) is 0 Å². The van der Waals surface area contributed by atoms with E-state index in [1.807, 2.05) is 6.07 Å². The number of unbranched alkanes of at least 4 members (excludes halogenated alkanes) is 3. The molecule has 0 radical (unpaired) electrons. The number of para-hydroxylation sites is 1. The third-order valence-corrected chi connectivity index (χ3v) is 2.98. The van der Waals surface area contributed by atoms with Crippen LogP contribution >= 0.6 is 0 Å². The van der Waals surface area contributed by atoms with Crippen LogP contribution in [0.15, 0.2) is 18.2 Å². The zero-order valence-corrected chi connectivity index (χ0v) is 11.1. The summed E-state index contributed by atoms with van der Waals surface area (Å²) in [7, 11) is 0. The van der Waals surface area contributed by atoms with E-state index in [1.54, 1.807) is 6.07 Å². The molecule has 0 fully saturated rings. The molecule has 1 aromatic carbocycles. The molecule has 0 aromatic heterocycles. The number of hydrogen-bond acceptors (Lipinski definition) is 2. The maximum atomic E-state index is 9.86. The lowest BCUT2D eigenvalue weighted by Crippen LogP contribution is -2.04. The molecule has 0 amide bonds. The Morgan fingerprint density at radius 1 is 1.06 bits per heavy atom. The van der Waals surface area contributed by atoms with Crippen molar-refractivity contribution < 1.29 is 5.11 Å². The van der Waals surface area contributed by atoms with Crippen molar-refractivity contribution in [1.82, 2.24) is 0 Å². The van der Waals surface area contributed by atoms with E-state index in [9.17, 15) is 5.11 Å². The van der Waals surface area contributed by atoms with E-state index in [4.69, 9.17) is 0 Å². The normalized spacial score (nSPS) is 10.5. The van der Waals surface area contributed by atoms with Gasteiger partial charge in [-0.05, 0) is 24.5 Å². The molecule has 2 N–H and O–H groups in total. The van der Waals surface area contributed by atoms with Gasteiger partial charge in [-0.3, -0.25) is 0 Å². The highest BCUT2D eigenvalue weighted by atomic mass is 16.3. The Kier molecular flexibility index (Phi) is 6.53. The lowest BCUT2D eigenvalue weighted by Gasteiger charge is -2.13. The summed E-state index contributed by atoms with van der Waals surface area (Å²) < 4.78 is 0. The minimum atomic E-state index is 0.381. The van der Waals surface area contributed by atoms with E-state index < -0.39 is 0 Å². The first-order chi connectivity index (χ1) is 8.29. The molecule has 0 unspecified atom stereocenters. The Bertz CT molecular complexity index is 323. The predicted molar refractivity (Wildman–Crippen MR) is 74.7 cm³/mol. The third kappa shape index (κ3) is 4.68. The second kappa shape index (κ2) is 7.99. The second-order valence-electron chi connectivity index (χ2n) is 4.55. The predicted octanol–water partition coefficient (Wildman–Crippen LogP) is 4.34. The molecule has 0 aliphatic carbocycles. The molecule has 17 heavy (non-hydrogen) atoms. The fourth-order valence-electron chi connectivity index (χ4n) is 2.03. The molecule has 0 saturated carbocycles. The van der Waals surface area contributed by atoms with E-state index in [1.165, 1.54) is 31.2 Å². The van der Waals surface area contributed by atoms with Crippen LogP contribution in [-0.4, -0.2) is 11.7 Å². The van der Waals surface area contributed by atoms with E-state index in [-0.39, 0.29) is 0 Å². The molecule has 2 heteroatoms. The van der Waals surface area contributed by atoms with Gasteiger partial charge in [0.25, 0.3) is 0 Å². The molecule has 0 spiro atoms. The molecule has 96 valence electrons. The Labute approximate surface area is 105 Å². The minimum absolute atomic E-state index is 0.381. The Morgan fingerprint density at radius 3 is 2.59 bits per heavy atom. The molecule has 0 atom stereocenters. The molecule has 0 aliphatic rings. The number of benzene rings is 1. The first-order valence-corrected chi connectivity index (χ1v) is 6.84. The van der Waals surface area contributed by atoms with Crippen molar-refractivity contribution in [2.75, 3.05) is 11.9 Å². The maximum absolute atomic E-state index is 9.86. The van der Waals surface area contributed by atoms with Gasteiger partial charge in [0, 0.05) is 6.54 Å². The summed E-state index contributed by atoms with van der Waals surface area (Å²) in [6.07, 6.45) is 7.12. The largest absolute Gasteiger partial charge is 0.506 e. The lowest BCUT2D eigenvalue weighted by molar-refractivity contribution is 0.476. The number of aryl methyl sites for hydroxylation is 1. The average molecular weight is 235 g/mol. The minimum Gasteiger partial charge on any atom is -0.506 e. The van der Waals surface area contributed by atoms with Crippen molar-refractivity contribution in [1.29, 1.82) is 0 Å². The summed E-state index contributed by atoms with van der Waals surface area (Å²) in [5.74, 6) is 0.381. The van der Waals surface area contributed by atoms with Crippen LogP contribution in [0.1, 0.15) is 51.5 Å². The van der Waals surface area contributed by atoms with Gasteiger partial charge in [-0.15, -0.1) is 0 Å². The highest BCUT2D eigenvalue weighted by Crippen LogP contribution is 2.28. The van der Waals surface area contributed by atoms with E-state index in [0.29, 0.717) is 5.75 Å². The molecular formula is C15H25NO. The van der Waals surface area contributed by atoms with Gasteiger partial charge in [0.05, 0.1) is 5.69 Å². The van der Waals surface area contributed by atoms with Crippen molar-refractivity contribution in [2.24, 2.45) is 0 Å². The smallest absolute Gasteiger partial charge is 0.138 e. The SMILES string of the molecule is CCCCCCNc1c(O)cccc1CCC. The van der Waals surface area contributed by atoms with Gasteiger partial charge in [0.2, 0.25) is 0 Å². The molecule has 0 heterocycles. The van der Waals surface area contributed by atoms with Crippen molar-refractivity contribution >= 4 is 5.69 Å². The van der Waals surface area contributed by atoms with Crippen LogP contribution in [-0.2, 0) is 6.42 Å². The Morgan fingerprint density at radius 2 is 1.88 bits per heavy atom. The number of nitrogens with one attached hydrogen (secondary N) is 1.